The van der Waals surface area contributed by atoms with Crippen molar-refractivity contribution in [2.45, 2.75) is 6.54 Å². The fourth-order valence-corrected chi connectivity index (χ4v) is 2.18. The Balaban J connectivity index is 2.28. The zero-order valence-electron chi connectivity index (χ0n) is 10.5. The van der Waals surface area contributed by atoms with Gasteiger partial charge in [-0.15, -0.1) is 11.3 Å². The molecule has 0 fully saturated rings. The van der Waals surface area contributed by atoms with Crippen LogP contribution < -0.4 is 16.8 Å². The Bertz CT molecular complexity index is 717. The zero-order chi connectivity index (χ0) is 15.6. The first-order valence-electron chi connectivity index (χ1n) is 5.67. The number of nitrogens with two attached hydrogens (primary N) is 2. The minimum absolute atomic E-state index is 0.0461. The predicted octanol–water partition coefficient (Wildman–Crippen LogP) is 1.23. The van der Waals surface area contributed by atoms with Crippen molar-refractivity contribution in [2.75, 3.05) is 5.32 Å². The number of rotatable bonds is 4. The molecule has 2 amide bonds. The number of halogens is 2. The predicted molar refractivity (Wildman–Crippen MR) is 72.8 cm³/mol. The Morgan fingerprint density at radius 2 is 2.00 bits per heavy atom. The number of hydrogen-bond acceptors (Lipinski definition) is 5. The molecule has 0 saturated carbocycles. The van der Waals surface area contributed by atoms with Crippen LogP contribution in [0.3, 0.4) is 0 Å². The minimum Gasteiger partial charge on any atom is -0.366 e. The maximum atomic E-state index is 13.6. The van der Waals surface area contributed by atoms with E-state index in [9.17, 15) is 18.4 Å². The van der Waals surface area contributed by atoms with Crippen LogP contribution >= 0.6 is 11.3 Å². The normalized spacial score (nSPS) is 10.4. The van der Waals surface area contributed by atoms with Crippen LogP contribution in [0.1, 0.15) is 25.9 Å². The second-order valence-electron chi connectivity index (χ2n) is 3.96. The summed E-state index contributed by atoms with van der Waals surface area (Å²) in [4.78, 5) is 26.8. The van der Waals surface area contributed by atoms with Gasteiger partial charge < -0.3 is 16.8 Å². The summed E-state index contributed by atoms with van der Waals surface area (Å²) in [6.45, 7) is 0.175. The van der Waals surface area contributed by atoms with Crippen LogP contribution in [0, 0.1) is 11.6 Å². The van der Waals surface area contributed by atoms with Crippen LogP contribution in [0.5, 0.6) is 0 Å². The van der Waals surface area contributed by atoms with E-state index in [0.29, 0.717) is 11.1 Å². The second-order valence-corrected chi connectivity index (χ2v) is 4.90. The number of carbonyl (C=O) groups is 2. The molecule has 1 aromatic heterocycles. The Kier molecular flexibility index (Phi) is 4.24. The zero-order valence-corrected chi connectivity index (χ0v) is 11.3. The number of anilines is 1. The fraction of sp³-hybridized carbons (Fsp3) is 0.0833. The average molecular weight is 312 g/mol. The summed E-state index contributed by atoms with van der Waals surface area (Å²) in [6, 6.07) is 1.31. The quantitative estimate of drug-likeness (QED) is 0.788. The first kappa shape index (κ1) is 15.0. The van der Waals surface area contributed by atoms with Gasteiger partial charge >= 0.3 is 0 Å². The first-order chi connectivity index (χ1) is 9.92. The van der Waals surface area contributed by atoms with Gasteiger partial charge in [0.1, 0.15) is 22.3 Å². The van der Waals surface area contributed by atoms with Gasteiger partial charge in [-0.2, -0.15) is 0 Å². The van der Waals surface area contributed by atoms with Crippen molar-refractivity contribution >= 4 is 28.8 Å². The third-order valence-electron chi connectivity index (χ3n) is 2.53. The highest BCUT2D eigenvalue weighted by Crippen LogP contribution is 2.20. The lowest BCUT2D eigenvalue weighted by molar-refractivity contribution is 0.0992. The second kappa shape index (κ2) is 5.94. The van der Waals surface area contributed by atoms with Gasteiger partial charge in [-0.05, 0) is 6.07 Å². The summed E-state index contributed by atoms with van der Waals surface area (Å²) in [5.74, 6) is -3.90. The van der Waals surface area contributed by atoms with Crippen molar-refractivity contribution in [3.8, 4) is 0 Å². The molecule has 1 heterocycles. The molecule has 9 heteroatoms. The van der Waals surface area contributed by atoms with Gasteiger partial charge in [-0.25, -0.2) is 13.8 Å². The molecule has 0 aliphatic heterocycles. The standard InChI is InChI=1S/C12H10F2N4O2S/c13-6-2-7(14)8(1-5(6)11(16)19)18-12(20)9-4-21-10(3-15)17-9/h1-2,4H,3,15H2,(H2,16,19)(H,18,20). The number of nitrogens with one attached hydrogen (secondary N) is 1. The van der Waals surface area contributed by atoms with Crippen molar-refractivity contribution in [1.29, 1.82) is 0 Å². The SMILES string of the molecule is NCc1nc(C(=O)Nc2cc(C(N)=O)c(F)cc2F)cs1. The summed E-state index contributed by atoms with van der Waals surface area (Å²) in [5.41, 5.74) is 9.49. The number of nitrogens with zero attached hydrogens (tertiary/aromatic N) is 1. The molecule has 0 unspecified atom stereocenters. The van der Waals surface area contributed by atoms with Crippen LogP contribution in [-0.4, -0.2) is 16.8 Å². The van der Waals surface area contributed by atoms with Crippen LogP contribution in [0.2, 0.25) is 0 Å². The molecule has 110 valence electrons. The van der Waals surface area contributed by atoms with E-state index in [4.69, 9.17) is 11.5 Å². The number of benzene rings is 1. The molecule has 0 spiro atoms. The van der Waals surface area contributed by atoms with Crippen molar-refractivity contribution in [3.05, 3.63) is 45.4 Å². The number of carbonyl (C=O) groups excluding carboxylic acids is 2. The number of hydrogen-bond donors (Lipinski definition) is 3. The molecule has 5 N–H and O–H groups in total. The maximum absolute atomic E-state index is 13.6. The largest absolute Gasteiger partial charge is 0.366 e. The molecule has 6 nitrogen and oxygen atoms in total. The van der Waals surface area contributed by atoms with Gasteiger partial charge in [-0.3, -0.25) is 9.59 Å². The van der Waals surface area contributed by atoms with Crippen molar-refractivity contribution in [1.82, 2.24) is 4.98 Å². The third-order valence-corrected chi connectivity index (χ3v) is 3.40. The molecule has 0 aliphatic rings. The monoisotopic (exact) mass is 312 g/mol. The van der Waals surface area contributed by atoms with E-state index >= 15 is 0 Å². The van der Waals surface area contributed by atoms with E-state index in [2.05, 4.69) is 10.3 Å². The highest BCUT2D eigenvalue weighted by atomic mass is 32.1. The molecule has 0 saturated heterocycles. The molecule has 0 bridgehead atoms. The van der Waals surface area contributed by atoms with E-state index in [1.54, 1.807) is 0 Å². The lowest BCUT2D eigenvalue weighted by atomic mass is 10.1. The van der Waals surface area contributed by atoms with Crippen LogP contribution in [-0.2, 0) is 6.54 Å². The Labute approximate surface area is 121 Å². The number of aromatic nitrogens is 1. The van der Waals surface area contributed by atoms with Crippen LogP contribution in [0.25, 0.3) is 0 Å². The molecule has 2 aromatic rings. The molecule has 0 aliphatic carbocycles. The van der Waals surface area contributed by atoms with Gasteiger partial charge in [0.2, 0.25) is 0 Å². The lowest BCUT2D eigenvalue weighted by Gasteiger charge is -2.07. The minimum atomic E-state index is -1.10. The van der Waals surface area contributed by atoms with Crippen molar-refractivity contribution < 1.29 is 18.4 Å². The number of amides is 2. The van der Waals surface area contributed by atoms with E-state index < -0.39 is 29.0 Å². The smallest absolute Gasteiger partial charge is 0.275 e. The van der Waals surface area contributed by atoms with Gasteiger partial charge in [0.25, 0.3) is 11.8 Å². The topological polar surface area (TPSA) is 111 Å². The van der Waals surface area contributed by atoms with Crippen molar-refractivity contribution in [3.63, 3.8) is 0 Å². The van der Waals surface area contributed by atoms with Crippen molar-refractivity contribution in [2.24, 2.45) is 11.5 Å². The Morgan fingerprint density at radius 1 is 1.29 bits per heavy atom. The average Bonchev–Trinajstić information content (AvgIpc) is 2.90. The molecule has 0 radical (unpaired) electrons. The van der Waals surface area contributed by atoms with E-state index in [1.807, 2.05) is 0 Å². The Hall–Kier alpha value is -2.39. The Morgan fingerprint density at radius 3 is 2.57 bits per heavy atom. The number of thiazole rings is 1. The van der Waals surface area contributed by atoms with Gasteiger partial charge in [0, 0.05) is 18.0 Å². The molecule has 21 heavy (non-hydrogen) atoms. The fourth-order valence-electron chi connectivity index (χ4n) is 1.53. The third kappa shape index (κ3) is 3.20. The summed E-state index contributed by atoms with van der Waals surface area (Å²) < 4.78 is 26.9. The molecular formula is C12H10F2N4O2S. The van der Waals surface area contributed by atoms with E-state index in [1.165, 1.54) is 16.7 Å². The summed E-state index contributed by atoms with van der Waals surface area (Å²) in [5, 5.41) is 4.19. The molecule has 1 aromatic carbocycles. The van der Waals surface area contributed by atoms with Gasteiger partial charge in [-0.1, -0.05) is 0 Å². The van der Waals surface area contributed by atoms with E-state index in [0.717, 1.165) is 6.07 Å². The summed E-state index contributed by atoms with van der Waals surface area (Å²) >= 11 is 1.18. The van der Waals surface area contributed by atoms with Crippen LogP contribution in [0.15, 0.2) is 17.5 Å². The highest BCUT2D eigenvalue weighted by Gasteiger charge is 2.17. The number of primary amides is 1. The molecular weight excluding hydrogens is 302 g/mol. The summed E-state index contributed by atoms with van der Waals surface area (Å²) in [7, 11) is 0. The van der Waals surface area contributed by atoms with Crippen LogP contribution in [0.4, 0.5) is 14.5 Å². The summed E-state index contributed by atoms with van der Waals surface area (Å²) in [6.07, 6.45) is 0. The highest BCUT2D eigenvalue weighted by molar-refractivity contribution is 7.09. The maximum Gasteiger partial charge on any atom is 0.275 e. The molecule has 2 rings (SSSR count). The van der Waals surface area contributed by atoms with Gasteiger partial charge in [0.05, 0.1) is 11.3 Å². The first-order valence-corrected chi connectivity index (χ1v) is 6.55. The lowest BCUT2D eigenvalue weighted by Crippen LogP contribution is -2.17. The van der Waals surface area contributed by atoms with E-state index in [-0.39, 0.29) is 17.9 Å². The van der Waals surface area contributed by atoms with Gasteiger partial charge in [0.15, 0.2) is 0 Å². The molecule has 0 atom stereocenters.